The van der Waals surface area contributed by atoms with Crippen molar-refractivity contribution in [3.05, 3.63) is 35.1 Å². The maximum Gasteiger partial charge on any atom is 0.120 e. The Morgan fingerprint density at radius 2 is 2.18 bits per heavy atom. The number of hydrogen-bond donors (Lipinski definition) is 0. The average Bonchev–Trinajstić information content (AvgIpc) is 1.98. The molecule has 0 saturated heterocycles. The summed E-state index contributed by atoms with van der Waals surface area (Å²) in [6.07, 6.45) is 3.18. The van der Waals surface area contributed by atoms with Crippen molar-refractivity contribution in [1.29, 1.82) is 0 Å². The van der Waals surface area contributed by atoms with E-state index in [4.69, 9.17) is 0 Å². The van der Waals surface area contributed by atoms with Crippen molar-refractivity contribution in [3.8, 4) is 0 Å². The highest BCUT2D eigenvalue weighted by Gasteiger charge is 2.03. The van der Waals surface area contributed by atoms with Crippen molar-refractivity contribution in [3.63, 3.8) is 0 Å². The van der Waals surface area contributed by atoms with E-state index in [0.717, 1.165) is 6.42 Å². The molecular formula is C9H12BrF. The van der Waals surface area contributed by atoms with Gasteiger partial charge in [0.15, 0.2) is 0 Å². The first-order chi connectivity index (χ1) is 5.13. The molecule has 0 saturated carbocycles. The number of hydrogen-bond acceptors (Lipinski definition) is 0. The highest BCUT2D eigenvalue weighted by atomic mass is 79.9. The van der Waals surface area contributed by atoms with Crippen LogP contribution in [0.2, 0.25) is 0 Å². The van der Waals surface area contributed by atoms with Gasteiger partial charge >= 0.3 is 0 Å². The summed E-state index contributed by atoms with van der Waals surface area (Å²) in [5, 5.41) is 0. The summed E-state index contributed by atoms with van der Waals surface area (Å²) in [7, 11) is 0. The van der Waals surface area contributed by atoms with Gasteiger partial charge in [0.25, 0.3) is 0 Å². The van der Waals surface area contributed by atoms with Gasteiger partial charge in [-0.25, -0.2) is 4.39 Å². The first-order valence-corrected chi connectivity index (χ1v) is 4.28. The SMILES string of the molecule is C=C/C(Br)=C(/CCC)C(=C)F. The third kappa shape index (κ3) is 3.51. The van der Waals surface area contributed by atoms with E-state index < -0.39 is 0 Å². The summed E-state index contributed by atoms with van der Waals surface area (Å²) in [6, 6.07) is 0. The minimum Gasteiger partial charge on any atom is -0.207 e. The van der Waals surface area contributed by atoms with Crippen LogP contribution >= 0.6 is 15.9 Å². The third-order valence-electron chi connectivity index (χ3n) is 1.29. The van der Waals surface area contributed by atoms with Gasteiger partial charge in [-0.05, 0) is 6.42 Å². The fourth-order valence-corrected chi connectivity index (χ4v) is 1.17. The highest BCUT2D eigenvalue weighted by Crippen LogP contribution is 2.24. The monoisotopic (exact) mass is 218 g/mol. The van der Waals surface area contributed by atoms with Gasteiger partial charge in [-0.1, -0.05) is 48.5 Å². The van der Waals surface area contributed by atoms with Gasteiger partial charge < -0.3 is 0 Å². The van der Waals surface area contributed by atoms with Crippen LogP contribution in [-0.2, 0) is 0 Å². The lowest BCUT2D eigenvalue weighted by Crippen LogP contribution is -1.84. The molecule has 0 amide bonds. The molecule has 0 aromatic heterocycles. The molecule has 0 spiro atoms. The van der Waals surface area contributed by atoms with Crippen molar-refractivity contribution >= 4 is 15.9 Å². The molecule has 0 fully saturated rings. The largest absolute Gasteiger partial charge is 0.207 e. The van der Waals surface area contributed by atoms with Gasteiger partial charge in [-0.15, -0.1) is 0 Å². The highest BCUT2D eigenvalue weighted by molar-refractivity contribution is 9.11. The summed E-state index contributed by atoms with van der Waals surface area (Å²) in [5.41, 5.74) is 0.613. The normalized spacial score (nSPS) is 12.3. The molecule has 0 aliphatic carbocycles. The van der Waals surface area contributed by atoms with Crippen molar-refractivity contribution in [1.82, 2.24) is 0 Å². The second-order valence-corrected chi connectivity index (χ2v) is 3.04. The molecule has 0 aliphatic rings. The molecule has 62 valence electrons. The van der Waals surface area contributed by atoms with Gasteiger partial charge in [0, 0.05) is 10.1 Å². The Kier molecular flexibility index (Phi) is 5.12. The van der Waals surface area contributed by atoms with Crippen LogP contribution in [0.15, 0.2) is 35.1 Å². The second kappa shape index (κ2) is 5.30. The van der Waals surface area contributed by atoms with Crippen LogP contribution in [0.25, 0.3) is 0 Å². The van der Waals surface area contributed by atoms with Gasteiger partial charge in [0.2, 0.25) is 0 Å². The van der Waals surface area contributed by atoms with Crippen LogP contribution in [-0.4, -0.2) is 0 Å². The van der Waals surface area contributed by atoms with Crippen LogP contribution in [0, 0.1) is 0 Å². The van der Waals surface area contributed by atoms with E-state index in [1.807, 2.05) is 6.92 Å². The van der Waals surface area contributed by atoms with E-state index in [1.165, 1.54) is 0 Å². The smallest absolute Gasteiger partial charge is 0.120 e. The number of halogens is 2. The summed E-state index contributed by atoms with van der Waals surface area (Å²) < 4.78 is 13.4. The zero-order chi connectivity index (χ0) is 8.85. The van der Waals surface area contributed by atoms with Crippen molar-refractivity contribution in [2.45, 2.75) is 19.8 Å². The molecule has 2 heteroatoms. The average molecular weight is 219 g/mol. The van der Waals surface area contributed by atoms with E-state index in [0.29, 0.717) is 16.5 Å². The van der Waals surface area contributed by atoms with Gasteiger partial charge in [0.05, 0.1) is 0 Å². The molecule has 0 atom stereocenters. The van der Waals surface area contributed by atoms with Crippen LogP contribution < -0.4 is 0 Å². The van der Waals surface area contributed by atoms with Gasteiger partial charge in [-0.2, -0.15) is 0 Å². The Balaban J connectivity index is 4.56. The van der Waals surface area contributed by atoms with Crippen LogP contribution in [0.1, 0.15) is 19.8 Å². The van der Waals surface area contributed by atoms with Crippen LogP contribution in [0.5, 0.6) is 0 Å². The predicted molar refractivity (Wildman–Crippen MR) is 51.3 cm³/mol. The molecular weight excluding hydrogens is 207 g/mol. The van der Waals surface area contributed by atoms with E-state index >= 15 is 0 Å². The summed E-state index contributed by atoms with van der Waals surface area (Å²) in [4.78, 5) is 0. The van der Waals surface area contributed by atoms with E-state index in [2.05, 4.69) is 29.1 Å². The van der Waals surface area contributed by atoms with Crippen LogP contribution in [0.3, 0.4) is 0 Å². The molecule has 0 rings (SSSR count). The maximum absolute atomic E-state index is 12.7. The predicted octanol–water partition coefficient (Wildman–Crippen LogP) is 4.10. The Hall–Kier alpha value is -0.370. The van der Waals surface area contributed by atoms with E-state index in [1.54, 1.807) is 6.08 Å². The van der Waals surface area contributed by atoms with Crippen LogP contribution in [0.4, 0.5) is 4.39 Å². The Labute approximate surface area is 75.6 Å². The molecule has 0 unspecified atom stereocenters. The van der Waals surface area contributed by atoms with E-state index in [-0.39, 0.29) is 5.83 Å². The molecule has 0 aliphatic heterocycles. The first kappa shape index (κ1) is 10.6. The first-order valence-electron chi connectivity index (χ1n) is 3.49. The molecule has 0 aromatic rings. The molecule has 0 nitrogen and oxygen atoms in total. The minimum atomic E-state index is -0.376. The zero-order valence-electron chi connectivity index (χ0n) is 6.66. The number of rotatable bonds is 4. The van der Waals surface area contributed by atoms with Crippen molar-refractivity contribution < 1.29 is 4.39 Å². The Morgan fingerprint density at radius 1 is 1.64 bits per heavy atom. The quantitative estimate of drug-likeness (QED) is 0.624. The Bertz CT molecular complexity index is 192. The summed E-state index contributed by atoms with van der Waals surface area (Å²) in [6.45, 7) is 8.77. The third-order valence-corrected chi connectivity index (χ3v) is 2.10. The fraction of sp³-hybridized carbons (Fsp3) is 0.333. The summed E-state index contributed by atoms with van der Waals surface area (Å²) >= 11 is 3.21. The molecule has 0 aromatic carbocycles. The lowest BCUT2D eigenvalue weighted by atomic mass is 10.1. The lowest BCUT2D eigenvalue weighted by Gasteiger charge is -2.02. The fourth-order valence-electron chi connectivity index (χ4n) is 0.758. The topological polar surface area (TPSA) is 0 Å². The number of allylic oxidation sites excluding steroid dienone is 4. The molecule has 0 bridgehead atoms. The van der Waals surface area contributed by atoms with Gasteiger partial charge in [-0.3, -0.25) is 0 Å². The van der Waals surface area contributed by atoms with Gasteiger partial charge in [0.1, 0.15) is 5.83 Å². The molecule has 0 radical (unpaired) electrons. The standard InChI is InChI=1S/C9H12BrF/c1-4-6-8(7(3)11)9(10)5-2/h5H,2-4,6H2,1H3/b9-8+. The molecule has 0 N–H and O–H groups in total. The van der Waals surface area contributed by atoms with E-state index in [9.17, 15) is 4.39 Å². The molecule has 0 heterocycles. The Morgan fingerprint density at radius 3 is 2.45 bits per heavy atom. The lowest BCUT2D eigenvalue weighted by molar-refractivity contribution is 0.640. The van der Waals surface area contributed by atoms with Crippen molar-refractivity contribution in [2.24, 2.45) is 0 Å². The molecule has 11 heavy (non-hydrogen) atoms. The summed E-state index contributed by atoms with van der Waals surface area (Å²) in [5.74, 6) is -0.376. The second-order valence-electron chi connectivity index (χ2n) is 2.19. The van der Waals surface area contributed by atoms with Crippen molar-refractivity contribution in [2.75, 3.05) is 0 Å². The maximum atomic E-state index is 12.7. The zero-order valence-corrected chi connectivity index (χ0v) is 8.25. The minimum absolute atomic E-state index is 0.376.